The molecule has 1 aliphatic rings. The maximum absolute atomic E-state index is 10.5. The Hall–Kier alpha value is 1.08. The number of nitrogens with zero attached hydrogens (tertiary/aromatic N) is 2. The van der Waals surface area contributed by atoms with Gasteiger partial charge in [-0.3, -0.25) is 14.4 Å². The molecule has 1 aliphatic heterocycles. The summed E-state index contributed by atoms with van der Waals surface area (Å²) in [6.45, 7) is 4.46. The van der Waals surface area contributed by atoms with E-state index in [0.29, 0.717) is 13.1 Å². The molecule has 6 nitrogen and oxygen atoms in total. The van der Waals surface area contributed by atoms with Gasteiger partial charge in [0, 0.05) is 39.3 Å². The predicted octanol–water partition coefficient (Wildman–Crippen LogP) is -3.98. The van der Waals surface area contributed by atoms with Crippen molar-refractivity contribution < 1.29 is 49.1 Å². The fraction of sp³-hybridized carbons (Fsp3) is 1.00. The number of halogens is 1. The van der Waals surface area contributed by atoms with E-state index in [9.17, 15) is 8.42 Å². The van der Waals surface area contributed by atoms with Crippen LogP contribution in [0, 0.1) is 0 Å². The van der Waals surface area contributed by atoms with Gasteiger partial charge in [0.15, 0.2) is 0 Å². The Labute approximate surface area is 132 Å². The quantitative estimate of drug-likeness (QED) is 0.398. The zero-order chi connectivity index (χ0) is 11.3. The first-order valence-corrected chi connectivity index (χ1v) is 6.63. The van der Waals surface area contributed by atoms with Crippen LogP contribution in [0.3, 0.4) is 0 Å². The van der Waals surface area contributed by atoms with E-state index in [4.69, 9.17) is 9.66 Å². The van der Waals surface area contributed by atoms with Crippen LogP contribution in [0.4, 0.5) is 0 Å². The first kappa shape index (κ1) is 20.4. The maximum atomic E-state index is 10.5. The minimum atomic E-state index is -3.84. The monoisotopic (exact) mass is 298 g/mol. The van der Waals surface area contributed by atoms with Crippen molar-refractivity contribution >= 4 is 22.5 Å². The number of aliphatic hydroxyl groups is 1. The topological polar surface area (TPSA) is 81.1 Å². The number of β-amino-alcohol motifs (C(OH)–C–C–N with tert-alkyl or cyclic N) is 1. The molecule has 0 spiro atoms. The number of piperazine rings is 1. The van der Waals surface area contributed by atoms with Gasteiger partial charge in [-0.25, -0.2) is 0 Å². The third kappa shape index (κ3) is 9.63. The summed E-state index contributed by atoms with van der Waals surface area (Å²) >= 11 is 0. The summed E-state index contributed by atoms with van der Waals surface area (Å²) in [5, 5.41) is 8.73. The summed E-state index contributed by atoms with van der Waals surface area (Å²) in [4.78, 5) is 4.13. The molecule has 0 amide bonds. The summed E-state index contributed by atoms with van der Waals surface area (Å²) in [6, 6.07) is 0. The van der Waals surface area contributed by atoms with Crippen LogP contribution < -0.4 is 29.6 Å². The first-order chi connectivity index (χ1) is 7.01. The van der Waals surface area contributed by atoms with E-state index >= 15 is 0 Å². The van der Waals surface area contributed by atoms with Crippen LogP contribution in [0.2, 0.25) is 0 Å². The van der Waals surface area contributed by atoms with Crippen LogP contribution in [0.15, 0.2) is 0 Å². The SMILES string of the molecule is Cl.O=S(=O)(O)CCN1CCN(CCO)CC1.[H-].[Na+]. The Balaban J connectivity index is -0.000000750. The number of hydrogen-bond donors (Lipinski definition) is 2. The molecule has 2 N–H and O–H groups in total. The van der Waals surface area contributed by atoms with Gasteiger partial charge in [0.2, 0.25) is 0 Å². The molecule has 0 saturated carbocycles. The van der Waals surface area contributed by atoms with Crippen molar-refractivity contribution in [2.45, 2.75) is 0 Å². The van der Waals surface area contributed by atoms with Crippen LogP contribution in [-0.4, -0.2) is 79.5 Å². The predicted molar refractivity (Wildman–Crippen MR) is 64.7 cm³/mol. The maximum Gasteiger partial charge on any atom is 1.00 e. The Kier molecular flexibility index (Phi) is 11.9. The average Bonchev–Trinajstić information content (AvgIpc) is 2.16. The second-order valence-electron chi connectivity index (χ2n) is 3.69. The van der Waals surface area contributed by atoms with Crippen molar-refractivity contribution in [2.75, 3.05) is 51.6 Å². The molecule has 0 aromatic carbocycles. The molecule has 100 valence electrons. The minimum Gasteiger partial charge on any atom is -1.00 e. The zero-order valence-electron chi connectivity index (χ0n) is 11.1. The summed E-state index contributed by atoms with van der Waals surface area (Å²) < 4.78 is 29.6. The van der Waals surface area contributed by atoms with Crippen molar-refractivity contribution in [3.63, 3.8) is 0 Å². The summed E-state index contributed by atoms with van der Waals surface area (Å²) in [6.07, 6.45) is 0. The van der Waals surface area contributed by atoms with E-state index in [1.54, 1.807) is 0 Å². The van der Waals surface area contributed by atoms with Crippen LogP contribution in [0.5, 0.6) is 0 Å². The van der Waals surface area contributed by atoms with Crippen LogP contribution in [-0.2, 0) is 10.1 Å². The van der Waals surface area contributed by atoms with Crippen LogP contribution in [0.25, 0.3) is 0 Å². The molecular formula is C8H20ClN2NaO4S. The number of hydrogen-bond acceptors (Lipinski definition) is 5. The molecule has 1 fully saturated rings. The normalized spacial score (nSPS) is 18.2. The van der Waals surface area contributed by atoms with Gasteiger partial charge in [-0.15, -0.1) is 12.4 Å². The molecule has 1 rings (SSSR count). The summed E-state index contributed by atoms with van der Waals surface area (Å²) in [7, 11) is -3.84. The van der Waals surface area contributed by atoms with Gasteiger partial charge in [-0.2, -0.15) is 8.42 Å². The molecule has 0 unspecified atom stereocenters. The van der Waals surface area contributed by atoms with Gasteiger partial charge in [0.1, 0.15) is 0 Å². The molecule has 1 saturated heterocycles. The standard InChI is InChI=1S/C8H18N2O4S.ClH.Na.H/c11-7-5-9-1-3-10(4-2-9)6-8-15(12,13)14;;;/h11H,1-8H2,(H,12,13,14);1H;;/q;;+1;-1. The molecule has 0 aromatic rings. The van der Waals surface area contributed by atoms with Gasteiger partial charge in [-0.1, -0.05) is 0 Å². The Morgan fingerprint density at radius 1 is 1.06 bits per heavy atom. The molecule has 0 bridgehead atoms. The van der Waals surface area contributed by atoms with Gasteiger partial charge in [0.25, 0.3) is 10.1 Å². The molecular weight excluding hydrogens is 279 g/mol. The smallest absolute Gasteiger partial charge is 1.00 e. The van der Waals surface area contributed by atoms with Crippen LogP contribution >= 0.6 is 12.4 Å². The number of aliphatic hydroxyl groups excluding tert-OH is 1. The van der Waals surface area contributed by atoms with Gasteiger partial charge in [-0.05, 0) is 0 Å². The van der Waals surface area contributed by atoms with Crippen molar-refractivity contribution in [3.05, 3.63) is 0 Å². The Bertz CT molecular complexity index is 289. The third-order valence-electron chi connectivity index (χ3n) is 2.55. The molecule has 0 radical (unpaired) electrons. The van der Waals surface area contributed by atoms with Gasteiger partial charge < -0.3 is 6.53 Å². The second kappa shape index (κ2) is 9.94. The molecule has 9 heteroatoms. The molecule has 17 heavy (non-hydrogen) atoms. The summed E-state index contributed by atoms with van der Waals surface area (Å²) in [5.41, 5.74) is 0. The fourth-order valence-electron chi connectivity index (χ4n) is 1.62. The van der Waals surface area contributed by atoms with E-state index in [2.05, 4.69) is 4.90 Å². The molecule has 1 heterocycles. The molecule has 0 aliphatic carbocycles. The Morgan fingerprint density at radius 2 is 1.47 bits per heavy atom. The van der Waals surface area contributed by atoms with E-state index in [1.165, 1.54) is 0 Å². The fourth-order valence-corrected chi connectivity index (χ4v) is 2.11. The zero-order valence-corrected chi connectivity index (χ0v) is 13.7. The average molecular weight is 299 g/mol. The van der Waals surface area contributed by atoms with Gasteiger partial charge in [0.05, 0.1) is 12.4 Å². The number of rotatable bonds is 5. The molecule has 0 atom stereocenters. The largest absolute Gasteiger partial charge is 1.00 e. The summed E-state index contributed by atoms with van der Waals surface area (Å²) in [5.74, 6) is -0.201. The van der Waals surface area contributed by atoms with Crippen molar-refractivity contribution in [1.29, 1.82) is 0 Å². The molecule has 0 aromatic heterocycles. The van der Waals surface area contributed by atoms with E-state index < -0.39 is 10.1 Å². The van der Waals surface area contributed by atoms with Crippen molar-refractivity contribution in [1.82, 2.24) is 9.80 Å². The van der Waals surface area contributed by atoms with Crippen molar-refractivity contribution in [2.24, 2.45) is 0 Å². The van der Waals surface area contributed by atoms with E-state index in [0.717, 1.165) is 26.2 Å². The Morgan fingerprint density at radius 3 is 1.82 bits per heavy atom. The van der Waals surface area contributed by atoms with E-state index in [-0.39, 0.29) is 55.8 Å². The first-order valence-electron chi connectivity index (χ1n) is 5.02. The van der Waals surface area contributed by atoms with E-state index in [1.807, 2.05) is 4.90 Å². The van der Waals surface area contributed by atoms with Crippen LogP contribution in [0.1, 0.15) is 1.43 Å². The van der Waals surface area contributed by atoms with Crippen molar-refractivity contribution in [3.8, 4) is 0 Å². The third-order valence-corrected chi connectivity index (χ3v) is 3.25. The second-order valence-corrected chi connectivity index (χ2v) is 5.27. The minimum absolute atomic E-state index is 0. The van der Waals surface area contributed by atoms with Gasteiger partial charge >= 0.3 is 29.6 Å².